The van der Waals surface area contributed by atoms with Crippen molar-refractivity contribution in [1.82, 2.24) is 9.80 Å². The Hall–Kier alpha value is -1.35. The second-order valence-electron chi connectivity index (χ2n) is 5.15. The lowest BCUT2D eigenvalue weighted by Crippen LogP contribution is -2.46. The van der Waals surface area contributed by atoms with Crippen molar-refractivity contribution in [3.63, 3.8) is 0 Å². The molecule has 3 heteroatoms. The molecule has 0 aromatic heterocycles. The summed E-state index contributed by atoms with van der Waals surface area (Å²) in [7, 11) is 2.00. The van der Waals surface area contributed by atoms with Crippen LogP contribution in [0, 0.1) is 0 Å². The number of halogens is 1. The summed E-state index contributed by atoms with van der Waals surface area (Å²) in [6.45, 7) is 2.55. The average Bonchev–Trinajstić information content (AvgIpc) is 2.65. The number of piperazine rings is 1. The summed E-state index contributed by atoms with van der Waals surface area (Å²) < 4.78 is 50.0. The lowest BCUT2D eigenvalue weighted by atomic mass is 9.96. The Morgan fingerprint density at radius 2 is 1.62 bits per heavy atom. The van der Waals surface area contributed by atoms with Crippen LogP contribution in [-0.4, -0.2) is 43.0 Å². The monoisotopic (exact) mass is 306 g/mol. The van der Waals surface area contributed by atoms with Crippen LogP contribution in [0.25, 0.3) is 0 Å². The van der Waals surface area contributed by atoms with E-state index in [-0.39, 0.29) is 17.6 Å². The van der Waals surface area contributed by atoms with Gasteiger partial charge < -0.3 is 4.90 Å². The van der Waals surface area contributed by atoms with Crippen LogP contribution in [0.3, 0.4) is 0 Å². The van der Waals surface area contributed by atoms with E-state index in [0.29, 0.717) is 23.7 Å². The zero-order chi connectivity index (χ0) is 19.9. The Morgan fingerprint density at radius 3 is 2.24 bits per heavy atom. The van der Waals surface area contributed by atoms with Gasteiger partial charge in [0.2, 0.25) is 0 Å². The Balaban J connectivity index is 2.27. The highest BCUT2D eigenvalue weighted by molar-refractivity contribution is 6.30. The van der Waals surface area contributed by atoms with Crippen molar-refractivity contribution >= 4 is 11.6 Å². The van der Waals surface area contributed by atoms with Crippen molar-refractivity contribution < 1.29 is 8.22 Å². The van der Waals surface area contributed by atoms with Crippen molar-refractivity contribution in [2.45, 2.75) is 6.02 Å². The van der Waals surface area contributed by atoms with E-state index < -0.39 is 24.1 Å². The van der Waals surface area contributed by atoms with Crippen molar-refractivity contribution in [2.24, 2.45) is 0 Å². The van der Waals surface area contributed by atoms with Crippen LogP contribution in [0.15, 0.2) is 54.5 Å². The van der Waals surface area contributed by atoms with Crippen LogP contribution in [0.5, 0.6) is 0 Å². The maximum absolute atomic E-state index is 9.38. The molecular formula is C18H21ClN2. The van der Waals surface area contributed by atoms with E-state index in [2.05, 4.69) is 4.90 Å². The standard InChI is InChI=1S/C18H21ClN2/c1-20-11-13-21(14-12-20)18(15-5-3-2-4-6-15)16-7-9-17(19)10-8-16/h2-10,18H,11-14H2,1H3/i2D,3D,4D,5D,6D,18D. The summed E-state index contributed by atoms with van der Waals surface area (Å²) >= 11 is 6.01. The first kappa shape index (κ1) is 8.94. The quantitative estimate of drug-likeness (QED) is 0.853. The Bertz CT molecular complexity index is 823. The molecule has 110 valence electrons. The van der Waals surface area contributed by atoms with Gasteiger partial charge in [0, 0.05) is 31.2 Å². The molecular weight excluding hydrogens is 280 g/mol. The van der Waals surface area contributed by atoms with Crippen LogP contribution in [0.2, 0.25) is 5.02 Å². The number of likely N-dealkylation sites (N-methyl/N-ethyl adjacent to an activating group) is 1. The fraction of sp³-hybridized carbons (Fsp3) is 0.333. The van der Waals surface area contributed by atoms with E-state index in [1.807, 2.05) is 11.9 Å². The molecule has 0 spiro atoms. The van der Waals surface area contributed by atoms with Crippen molar-refractivity contribution in [1.29, 1.82) is 0 Å². The summed E-state index contributed by atoms with van der Waals surface area (Å²) in [5.41, 5.74) is 0.496. The molecule has 2 aromatic carbocycles. The number of rotatable bonds is 3. The van der Waals surface area contributed by atoms with Gasteiger partial charge in [-0.3, -0.25) is 4.90 Å². The van der Waals surface area contributed by atoms with Crippen LogP contribution in [0.1, 0.15) is 25.4 Å². The third-order valence-electron chi connectivity index (χ3n) is 3.67. The fourth-order valence-electron chi connectivity index (χ4n) is 2.49. The van der Waals surface area contributed by atoms with Crippen molar-refractivity contribution in [3.8, 4) is 0 Å². The average molecular weight is 307 g/mol. The Labute approximate surface area is 140 Å². The molecule has 0 bridgehead atoms. The molecule has 2 nitrogen and oxygen atoms in total. The van der Waals surface area contributed by atoms with Gasteiger partial charge in [0.25, 0.3) is 0 Å². The minimum atomic E-state index is -1.61. The van der Waals surface area contributed by atoms with Gasteiger partial charge in [-0.2, -0.15) is 0 Å². The molecule has 1 saturated heterocycles. The third-order valence-corrected chi connectivity index (χ3v) is 3.93. The minimum Gasteiger partial charge on any atom is -0.304 e. The summed E-state index contributed by atoms with van der Waals surface area (Å²) in [5.74, 6) is 0. The van der Waals surface area contributed by atoms with E-state index in [4.69, 9.17) is 18.5 Å². The Kier molecular flexibility index (Phi) is 2.81. The van der Waals surface area contributed by atoms with E-state index in [0.717, 1.165) is 13.1 Å². The highest BCUT2D eigenvalue weighted by atomic mass is 35.5. The second kappa shape index (κ2) is 6.61. The first-order valence-electron chi connectivity index (χ1n) is 9.95. The molecule has 1 fully saturated rings. The summed E-state index contributed by atoms with van der Waals surface area (Å²) in [6, 6.07) is 3.09. The van der Waals surface area contributed by atoms with Gasteiger partial charge in [-0.25, -0.2) is 0 Å². The smallest absolute Gasteiger partial charge is 0.0626 e. The normalized spacial score (nSPS) is 24.1. The van der Waals surface area contributed by atoms with Crippen LogP contribution < -0.4 is 0 Å². The number of nitrogens with zero attached hydrogens (tertiary/aromatic N) is 2. The molecule has 0 amide bonds. The van der Waals surface area contributed by atoms with Gasteiger partial charge in [0.15, 0.2) is 0 Å². The zero-order valence-corrected chi connectivity index (χ0v) is 12.7. The second-order valence-corrected chi connectivity index (χ2v) is 5.58. The number of hydrogen-bond acceptors (Lipinski definition) is 2. The molecule has 1 heterocycles. The predicted octanol–water partition coefficient (Wildman–Crippen LogP) is 3.68. The third kappa shape index (κ3) is 3.46. The molecule has 1 aliphatic rings. The van der Waals surface area contributed by atoms with Crippen LogP contribution in [0.4, 0.5) is 0 Å². The van der Waals surface area contributed by atoms with Gasteiger partial charge in [0.1, 0.15) is 0 Å². The number of hydrogen-bond donors (Lipinski definition) is 0. The summed E-state index contributed by atoms with van der Waals surface area (Å²) in [4.78, 5) is 4.00. The highest BCUT2D eigenvalue weighted by Gasteiger charge is 2.25. The van der Waals surface area contributed by atoms with Crippen LogP contribution in [-0.2, 0) is 0 Å². The van der Waals surface area contributed by atoms with E-state index in [9.17, 15) is 1.37 Å². The molecule has 0 radical (unpaired) electrons. The molecule has 0 N–H and O–H groups in total. The SMILES string of the molecule is [2H]c1c([2H])c([2H])c(C([2H])(c2ccc(Cl)cc2)N2CCN(C)CC2)c([2H])c1[2H]. The van der Waals surface area contributed by atoms with Crippen molar-refractivity contribution in [3.05, 3.63) is 70.6 Å². The largest absolute Gasteiger partial charge is 0.304 e. The minimum absolute atomic E-state index is 0.0274. The van der Waals surface area contributed by atoms with E-state index in [1.54, 1.807) is 24.3 Å². The van der Waals surface area contributed by atoms with Gasteiger partial charge >= 0.3 is 0 Å². The molecule has 1 atom stereocenters. The molecule has 21 heavy (non-hydrogen) atoms. The first-order chi connectivity index (χ1) is 12.7. The lowest BCUT2D eigenvalue weighted by Gasteiger charge is -2.38. The van der Waals surface area contributed by atoms with Crippen molar-refractivity contribution in [2.75, 3.05) is 33.2 Å². The van der Waals surface area contributed by atoms with Gasteiger partial charge in [-0.1, -0.05) is 53.9 Å². The summed E-state index contributed by atoms with van der Waals surface area (Å²) in [5, 5.41) is 0.514. The molecule has 0 aliphatic carbocycles. The van der Waals surface area contributed by atoms with E-state index >= 15 is 0 Å². The maximum Gasteiger partial charge on any atom is 0.0626 e. The lowest BCUT2D eigenvalue weighted by molar-refractivity contribution is 0.127. The first-order valence-corrected chi connectivity index (χ1v) is 7.32. The molecule has 1 aliphatic heterocycles. The van der Waals surface area contributed by atoms with Crippen LogP contribution >= 0.6 is 11.6 Å². The fourth-order valence-corrected chi connectivity index (χ4v) is 2.62. The molecule has 3 rings (SSSR count). The molecule has 1 unspecified atom stereocenters. The van der Waals surface area contributed by atoms with E-state index in [1.165, 1.54) is 0 Å². The number of benzene rings is 2. The molecule has 2 aromatic rings. The molecule has 0 saturated carbocycles. The summed E-state index contributed by atoms with van der Waals surface area (Å²) in [6.07, 6.45) is 0. The van der Waals surface area contributed by atoms with Gasteiger partial charge in [-0.05, 0) is 30.3 Å². The van der Waals surface area contributed by atoms with Gasteiger partial charge in [-0.15, -0.1) is 0 Å². The topological polar surface area (TPSA) is 6.48 Å². The Morgan fingerprint density at radius 1 is 1.00 bits per heavy atom. The predicted molar refractivity (Wildman–Crippen MR) is 88.8 cm³/mol. The zero-order valence-electron chi connectivity index (χ0n) is 17.9. The highest BCUT2D eigenvalue weighted by Crippen LogP contribution is 2.30. The maximum atomic E-state index is 9.38. The van der Waals surface area contributed by atoms with Gasteiger partial charge in [0.05, 0.1) is 14.2 Å².